The van der Waals surface area contributed by atoms with E-state index in [2.05, 4.69) is 17.6 Å². The summed E-state index contributed by atoms with van der Waals surface area (Å²) >= 11 is 11.8. The molecule has 0 saturated carbocycles. The summed E-state index contributed by atoms with van der Waals surface area (Å²) in [5, 5.41) is 7.06. The zero-order chi connectivity index (χ0) is 14.1. The van der Waals surface area contributed by atoms with E-state index in [0.29, 0.717) is 23.1 Å². The van der Waals surface area contributed by atoms with E-state index >= 15 is 0 Å². The van der Waals surface area contributed by atoms with Gasteiger partial charge in [-0.3, -0.25) is 4.79 Å². The van der Waals surface area contributed by atoms with Gasteiger partial charge in [-0.1, -0.05) is 42.6 Å². The Morgan fingerprint density at radius 2 is 2.00 bits per heavy atom. The largest absolute Gasteiger partial charge is 0.355 e. The van der Waals surface area contributed by atoms with E-state index in [1.54, 1.807) is 6.07 Å². The molecule has 0 radical (unpaired) electrons. The fourth-order valence-corrected chi connectivity index (χ4v) is 1.93. The normalized spacial score (nSPS) is 10.5. The second-order valence-corrected chi connectivity index (χ2v) is 5.19. The molecule has 0 heterocycles. The molecule has 0 aliphatic heterocycles. The van der Waals surface area contributed by atoms with Crippen LogP contribution in [0.5, 0.6) is 0 Å². The van der Waals surface area contributed by atoms with E-state index in [-0.39, 0.29) is 5.91 Å². The highest BCUT2D eigenvalue weighted by Crippen LogP contribution is 2.22. The highest BCUT2D eigenvalue weighted by molar-refractivity contribution is 6.42. The van der Waals surface area contributed by atoms with Gasteiger partial charge in [0.2, 0.25) is 5.91 Å². The molecule has 5 heteroatoms. The van der Waals surface area contributed by atoms with Crippen LogP contribution in [-0.4, -0.2) is 25.5 Å². The molecule has 0 aliphatic carbocycles. The molecule has 0 bridgehead atoms. The standard InChI is InChI=1S/C14H20Cl2N2O/c1-2-3-7-17-10-14(19)18-8-6-11-4-5-12(15)13(16)9-11/h4-5,9,17H,2-3,6-8,10H2,1H3,(H,18,19). The Balaban J connectivity index is 2.18. The molecule has 106 valence electrons. The van der Waals surface area contributed by atoms with E-state index in [9.17, 15) is 4.79 Å². The lowest BCUT2D eigenvalue weighted by Crippen LogP contribution is -2.35. The quantitative estimate of drug-likeness (QED) is 0.725. The van der Waals surface area contributed by atoms with Crippen LogP contribution in [0.15, 0.2) is 18.2 Å². The first-order chi connectivity index (χ1) is 9.13. The number of benzene rings is 1. The highest BCUT2D eigenvalue weighted by atomic mass is 35.5. The lowest BCUT2D eigenvalue weighted by atomic mass is 10.1. The van der Waals surface area contributed by atoms with Gasteiger partial charge in [-0.05, 0) is 37.1 Å². The first kappa shape index (κ1) is 16.3. The minimum atomic E-state index is 0.0242. The Kier molecular flexibility index (Phi) is 7.87. The Bertz CT molecular complexity index is 410. The van der Waals surface area contributed by atoms with Gasteiger partial charge in [0.25, 0.3) is 0 Å². The van der Waals surface area contributed by atoms with Crippen LogP contribution in [0, 0.1) is 0 Å². The molecule has 0 fully saturated rings. The topological polar surface area (TPSA) is 41.1 Å². The van der Waals surface area contributed by atoms with Crippen molar-refractivity contribution >= 4 is 29.1 Å². The molecular weight excluding hydrogens is 283 g/mol. The third kappa shape index (κ3) is 6.81. The predicted molar refractivity (Wildman–Crippen MR) is 81.0 cm³/mol. The lowest BCUT2D eigenvalue weighted by molar-refractivity contribution is -0.120. The van der Waals surface area contributed by atoms with Gasteiger partial charge < -0.3 is 10.6 Å². The Morgan fingerprint density at radius 1 is 1.21 bits per heavy atom. The van der Waals surface area contributed by atoms with Crippen LogP contribution >= 0.6 is 23.2 Å². The maximum atomic E-state index is 11.5. The van der Waals surface area contributed by atoms with Crippen LogP contribution in [-0.2, 0) is 11.2 Å². The molecule has 0 aliphatic rings. The van der Waals surface area contributed by atoms with Crippen molar-refractivity contribution in [1.29, 1.82) is 0 Å². The van der Waals surface area contributed by atoms with Crippen molar-refractivity contribution in [3.8, 4) is 0 Å². The number of carbonyl (C=O) groups excluding carboxylic acids is 1. The zero-order valence-corrected chi connectivity index (χ0v) is 12.7. The summed E-state index contributed by atoms with van der Waals surface area (Å²) in [5.41, 5.74) is 1.06. The van der Waals surface area contributed by atoms with Crippen LogP contribution in [0.4, 0.5) is 0 Å². The molecular formula is C14H20Cl2N2O. The summed E-state index contributed by atoms with van der Waals surface area (Å²) in [7, 11) is 0. The van der Waals surface area contributed by atoms with Gasteiger partial charge in [0.05, 0.1) is 16.6 Å². The number of unbranched alkanes of at least 4 members (excludes halogenated alkanes) is 1. The lowest BCUT2D eigenvalue weighted by Gasteiger charge is -2.07. The average Bonchev–Trinajstić information content (AvgIpc) is 2.39. The number of hydrogen-bond acceptors (Lipinski definition) is 2. The third-order valence-electron chi connectivity index (χ3n) is 2.71. The Hall–Kier alpha value is -0.770. The molecule has 19 heavy (non-hydrogen) atoms. The van der Waals surface area contributed by atoms with Gasteiger partial charge in [-0.25, -0.2) is 0 Å². The Labute approximate surface area is 124 Å². The van der Waals surface area contributed by atoms with E-state index in [1.807, 2.05) is 12.1 Å². The Morgan fingerprint density at radius 3 is 2.68 bits per heavy atom. The zero-order valence-electron chi connectivity index (χ0n) is 11.1. The van der Waals surface area contributed by atoms with Crippen molar-refractivity contribution in [1.82, 2.24) is 10.6 Å². The van der Waals surface area contributed by atoms with Crippen molar-refractivity contribution in [3.63, 3.8) is 0 Å². The van der Waals surface area contributed by atoms with Gasteiger partial charge in [0, 0.05) is 6.54 Å². The summed E-state index contributed by atoms with van der Waals surface area (Å²) in [6.45, 7) is 3.99. The molecule has 0 saturated heterocycles. The first-order valence-corrected chi connectivity index (χ1v) is 7.30. The average molecular weight is 303 g/mol. The minimum absolute atomic E-state index is 0.0242. The van der Waals surface area contributed by atoms with Gasteiger partial charge in [-0.15, -0.1) is 0 Å². The van der Waals surface area contributed by atoms with Crippen LogP contribution in [0.3, 0.4) is 0 Å². The maximum absolute atomic E-state index is 11.5. The molecule has 1 rings (SSSR count). The summed E-state index contributed by atoms with van der Waals surface area (Å²) in [6, 6.07) is 5.52. The second-order valence-electron chi connectivity index (χ2n) is 4.38. The smallest absolute Gasteiger partial charge is 0.233 e. The number of carbonyl (C=O) groups is 1. The number of nitrogens with one attached hydrogen (secondary N) is 2. The molecule has 0 atom stereocenters. The summed E-state index contributed by atoms with van der Waals surface area (Å²) in [5.74, 6) is 0.0242. The summed E-state index contributed by atoms with van der Waals surface area (Å²) < 4.78 is 0. The monoisotopic (exact) mass is 302 g/mol. The predicted octanol–water partition coefficient (Wildman–Crippen LogP) is 3.04. The van der Waals surface area contributed by atoms with Crippen molar-refractivity contribution in [2.24, 2.45) is 0 Å². The number of amides is 1. The van der Waals surface area contributed by atoms with E-state index < -0.39 is 0 Å². The van der Waals surface area contributed by atoms with E-state index in [0.717, 1.165) is 31.4 Å². The van der Waals surface area contributed by atoms with E-state index in [1.165, 1.54) is 0 Å². The SMILES string of the molecule is CCCCNCC(=O)NCCc1ccc(Cl)c(Cl)c1. The van der Waals surface area contributed by atoms with Crippen molar-refractivity contribution < 1.29 is 4.79 Å². The number of hydrogen-bond donors (Lipinski definition) is 2. The van der Waals surface area contributed by atoms with Gasteiger partial charge in [0.15, 0.2) is 0 Å². The molecule has 2 N–H and O–H groups in total. The minimum Gasteiger partial charge on any atom is -0.355 e. The number of rotatable bonds is 8. The molecule has 0 unspecified atom stereocenters. The van der Waals surface area contributed by atoms with Gasteiger partial charge >= 0.3 is 0 Å². The highest BCUT2D eigenvalue weighted by Gasteiger charge is 2.02. The molecule has 3 nitrogen and oxygen atoms in total. The van der Waals surface area contributed by atoms with Crippen LogP contribution in [0.2, 0.25) is 10.0 Å². The van der Waals surface area contributed by atoms with Crippen molar-refractivity contribution in [2.45, 2.75) is 26.2 Å². The second kappa shape index (κ2) is 9.18. The van der Waals surface area contributed by atoms with Crippen molar-refractivity contribution in [3.05, 3.63) is 33.8 Å². The number of halogens is 2. The summed E-state index contributed by atoms with van der Waals surface area (Å²) in [4.78, 5) is 11.5. The van der Waals surface area contributed by atoms with E-state index in [4.69, 9.17) is 23.2 Å². The van der Waals surface area contributed by atoms with Gasteiger partial charge in [0.1, 0.15) is 0 Å². The third-order valence-corrected chi connectivity index (χ3v) is 3.45. The van der Waals surface area contributed by atoms with Crippen LogP contribution in [0.1, 0.15) is 25.3 Å². The fourth-order valence-electron chi connectivity index (χ4n) is 1.61. The van der Waals surface area contributed by atoms with Crippen LogP contribution in [0.25, 0.3) is 0 Å². The molecule has 0 aromatic heterocycles. The van der Waals surface area contributed by atoms with Gasteiger partial charge in [-0.2, -0.15) is 0 Å². The first-order valence-electron chi connectivity index (χ1n) is 6.54. The molecule has 1 aromatic rings. The molecule has 1 aromatic carbocycles. The fraction of sp³-hybridized carbons (Fsp3) is 0.500. The van der Waals surface area contributed by atoms with Crippen LogP contribution < -0.4 is 10.6 Å². The maximum Gasteiger partial charge on any atom is 0.233 e. The summed E-state index contributed by atoms with van der Waals surface area (Å²) in [6.07, 6.45) is 2.97. The molecule has 0 spiro atoms. The molecule has 1 amide bonds. The van der Waals surface area contributed by atoms with Crippen molar-refractivity contribution in [2.75, 3.05) is 19.6 Å².